The molecule has 0 amide bonds. The van der Waals surface area contributed by atoms with E-state index in [-0.39, 0.29) is 0 Å². The van der Waals surface area contributed by atoms with Crippen molar-refractivity contribution in [3.8, 4) is 6.07 Å². The van der Waals surface area contributed by atoms with E-state index in [9.17, 15) is 5.26 Å². The number of rotatable bonds is 3. The molecule has 4 heteroatoms. The second-order valence-electron chi connectivity index (χ2n) is 5.32. The number of nitrogens with one attached hydrogen (secondary N) is 1. The summed E-state index contributed by atoms with van der Waals surface area (Å²) >= 11 is 3.39. The Morgan fingerprint density at radius 1 is 1.47 bits per heavy atom. The molecule has 1 heterocycles. The molecule has 0 aliphatic carbocycles. The van der Waals surface area contributed by atoms with Gasteiger partial charge in [0.15, 0.2) is 0 Å². The van der Waals surface area contributed by atoms with Gasteiger partial charge in [0.1, 0.15) is 6.07 Å². The summed E-state index contributed by atoms with van der Waals surface area (Å²) < 4.78 is 6.70. The van der Waals surface area contributed by atoms with Crippen molar-refractivity contribution in [2.75, 3.05) is 11.9 Å². The van der Waals surface area contributed by atoms with Gasteiger partial charge in [0.25, 0.3) is 0 Å². The fourth-order valence-corrected chi connectivity index (χ4v) is 2.74. The third-order valence-electron chi connectivity index (χ3n) is 3.52. The van der Waals surface area contributed by atoms with Gasteiger partial charge in [-0.2, -0.15) is 5.26 Å². The van der Waals surface area contributed by atoms with Crippen molar-refractivity contribution >= 4 is 21.6 Å². The highest BCUT2D eigenvalue weighted by Crippen LogP contribution is 2.26. The fraction of sp³-hybridized carbons (Fsp3) is 0.533. The lowest BCUT2D eigenvalue weighted by molar-refractivity contribution is -0.0160. The molecule has 19 heavy (non-hydrogen) atoms. The van der Waals surface area contributed by atoms with Gasteiger partial charge in [-0.3, -0.25) is 0 Å². The summed E-state index contributed by atoms with van der Waals surface area (Å²) in [6.45, 7) is 5.17. The molecule has 2 unspecified atom stereocenters. The minimum Gasteiger partial charge on any atom is -0.381 e. The van der Waals surface area contributed by atoms with Crippen LogP contribution in [0.5, 0.6) is 0 Å². The third kappa shape index (κ3) is 3.71. The number of ether oxygens (including phenoxy) is 1. The maximum absolute atomic E-state index is 9.18. The Bertz CT molecular complexity index is 482. The van der Waals surface area contributed by atoms with E-state index in [1.54, 1.807) is 0 Å². The monoisotopic (exact) mass is 322 g/mol. The topological polar surface area (TPSA) is 45.0 Å². The quantitative estimate of drug-likeness (QED) is 0.916. The van der Waals surface area contributed by atoms with Gasteiger partial charge in [-0.05, 0) is 37.0 Å². The van der Waals surface area contributed by atoms with E-state index < -0.39 is 0 Å². The molecular weight excluding hydrogens is 304 g/mol. The largest absolute Gasteiger partial charge is 0.381 e. The maximum atomic E-state index is 9.18. The summed E-state index contributed by atoms with van der Waals surface area (Å²) in [5, 5.41) is 12.7. The molecule has 1 saturated heterocycles. The van der Waals surface area contributed by atoms with Crippen LogP contribution in [0.15, 0.2) is 22.7 Å². The standard InChI is InChI=1S/C15H19BrN2O/c1-10(2)15-8-13(5-6-19-15)18-14-4-3-12(16)7-11(14)9-17/h3-4,7,10,13,15,18H,5-6,8H2,1-2H3. The van der Waals surface area contributed by atoms with E-state index in [1.807, 2.05) is 18.2 Å². The first-order valence-corrected chi connectivity index (χ1v) is 7.47. The predicted molar refractivity (Wildman–Crippen MR) is 80.1 cm³/mol. The second kappa shape index (κ2) is 6.40. The molecule has 2 rings (SSSR count). The minimum atomic E-state index is 0.312. The van der Waals surface area contributed by atoms with Crippen molar-refractivity contribution in [2.45, 2.75) is 38.8 Å². The first-order chi connectivity index (χ1) is 9.10. The van der Waals surface area contributed by atoms with Crippen molar-refractivity contribution in [2.24, 2.45) is 5.92 Å². The fourth-order valence-electron chi connectivity index (χ4n) is 2.38. The molecule has 0 spiro atoms. The Morgan fingerprint density at radius 3 is 2.95 bits per heavy atom. The minimum absolute atomic E-state index is 0.312. The summed E-state index contributed by atoms with van der Waals surface area (Å²) in [7, 11) is 0. The smallest absolute Gasteiger partial charge is 0.101 e. The molecule has 0 bridgehead atoms. The third-order valence-corrected chi connectivity index (χ3v) is 4.01. The van der Waals surface area contributed by atoms with Crippen LogP contribution in [0.1, 0.15) is 32.3 Å². The lowest BCUT2D eigenvalue weighted by Crippen LogP contribution is -2.36. The molecule has 1 aliphatic heterocycles. The highest BCUT2D eigenvalue weighted by Gasteiger charge is 2.25. The Labute approximate surface area is 123 Å². The summed E-state index contributed by atoms with van der Waals surface area (Å²) in [6.07, 6.45) is 2.30. The van der Waals surface area contributed by atoms with Crippen LogP contribution in [0.3, 0.4) is 0 Å². The first-order valence-electron chi connectivity index (χ1n) is 6.68. The zero-order valence-electron chi connectivity index (χ0n) is 11.3. The number of hydrogen-bond acceptors (Lipinski definition) is 3. The number of nitrogens with zero attached hydrogens (tertiary/aromatic N) is 1. The van der Waals surface area contributed by atoms with Crippen molar-refractivity contribution < 1.29 is 4.74 Å². The van der Waals surface area contributed by atoms with Gasteiger partial charge >= 0.3 is 0 Å². The SMILES string of the molecule is CC(C)C1CC(Nc2ccc(Br)cc2C#N)CCO1. The van der Waals surface area contributed by atoms with Crippen LogP contribution >= 0.6 is 15.9 Å². The first kappa shape index (κ1) is 14.4. The number of hydrogen-bond donors (Lipinski definition) is 1. The van der Waals surface area contributed by atoms with E-state index in [0.29, 0.717) is 23.6 Å². The number of halogens is 1. The van der Waals surface area contributed by atoms with Crippen molar-refractivity contribution in [1.29, 1.82) is 5.26 Å². The molecule has 1 aliphatic rings. The van der Waals surface area contributed by atoms with Crippen LogP contribution in [0.2, 0.25) is 0 Å². The summed E-state index contributed by atoms with van der Waals surface area (Å²) in [5.74, 6) is 0.532. The molecule has 1 fully saturated rings. The Kier molecular flexibility index (Phi) is 4.84. The van der Waals surface area contributed by atoms with Gasteiger partial charge < -0.3 is 10.1 Å². The molecule has 0 aromatic heterocycles. The van der Waals surface area contributed by atoms with Gasteiger partial charge in [0, 0.05) is 17.1 Å². The summed E-state index contributed by atoms with van der Waals surface area (Å²) in [5.41, 5.74) is 1.60. The Hall–Kier alpha value is -1.05. The van der Waals surface area contributed by atoms with Crippen molar-refractivity contribution in [3.05, 3.63) is 28.2 Å². The van der Waals surface area contributed by atoms with E-state index in [1.165, 1.54) is 0 Å². The van der Waals surface area contributed by atoms with Gasteiger partial charge in [0.2, 0.25) is 0 Å². The van der Waals surface area contributed by atoms with Crippen LogP contribution in [-0.2, 0) is 4.74 Å². The predicted octanol–water partition coefficient (Wildman–Crippen LogP) is 3.94. The molecule has 0 saturated carbocycles. The Balaban J connectivity index is 2.07. The van der Waals surface area contributed by atoms with Crippen molar-refractivity contribution in [1.82, 2.24) is 0 Å². The molecule has 1 aromatic rings. The van der Waals surface area contributed by atoms with E-state index >= 15 is 0 Å². The van der Waals surface area contributed by atoms with Gasteiger partial charge in [0.05, 0.1) is 17.4 Å². The number of nitriles is 1. The molecule has 1 N–H and O–H groups in total. The van der Waals surface area contributed by atoms with Crippen LogP contribution in [-0.4, -0.2) is 18.8 Å². The zero-order valence-corrected chi connectivity index (χ0v) is 12.9. The van der Waals surface area contributed by atoms with Crippen LogP contribution in [0, 0.1) is 17.2 Å². The lowest BCUT2D eigenvalue weighted by Gasteiger charge is -2.33. The molecule has 0 radical (unpaired) electrons. The van der Waals surface area contributed by atoms with Gasteiger partial charge in [-0.25, -0.2) is 0 Å². The normalized spacial score (nSPS) is 23.1. The molecule has 3 nitrogen and oxygen atoms in total. The molecule has 1 aromatic carbocycles. The molecular formula is C15H19BrN2O. The second-order valence-corrected chi connectivity index (χ2v) is 6.24. The number of anilines is 1. The molecule has 2 atom stereocenters. The zero-order chi connectivity index (χ0) is 13.8. The molecule has 102 valence electrons. The average molecular weight is 323 g/mol. The van der Waals surface area contributed by atoms with E-state index in [0.717, 1.165) is 29.6 Å². The van der Waals surface area contributed by atoms with Gasteiger partial charge in [-0.1, -0.05) is 29.8 Å². The maximum Gasteiger partial charge on any atom is 0.101 e. The van der Waals surface area contributed by atoms with E-state index in [2.05, 4.69) is 41.2 Å². The average Bonchev–Trinajstić information content (AvgIpc) is 2.41. The van der Waals surface area contributed by atoms with Crippen LogP contribution < -0.4 is 5.32 Å². The van der Waals surface area contributed by atoms with Crippen molar-refractivity contribution in [3.63, 3.8) is 0 Å². The highest BCUT2D eigenvalue weighted by atomic mass is 79.9. The van der Waals surface area contributed by atoms with E-state index in [4.69, 9.17) is 4.74 Å². The highest BCUT2D eigenvalue weighted by molar-refractivity contribution is 9.10. The Morgan fingerprint density at radius 2 is 2.26 bits per heavy atom. The summed E-state index contributed by atoms with van der Waals surface area (Å²) in [4.78, 5) is 0. The van der Waals surface area contributed by atoms with Crippen LogP contribution in [0.25, 0.3) is 0 Å². The summed E-state index contributed by atoms with van der Waals surface area (Å²) in [6, 6.07) is 8.39. The number of benzene rings is 1. The van der Waals surface area contributed by atoms with Crippen LogP contribution in [0.4, 0.5) is 5.69 Å². The van der Waals surface area contributed by atoms with Gasteiger partial charge in [-0.15, -0.1) is 0 Å². The lowest BCUT2D eigenvalue weighted by atomic mass is 9.95.